The van der Waals surface area contributed by atoms with E-state index in [1.165, 1.54) is 32.1 Å². The van der Waals surface area contributed by atoms with Gasteiger partial charge in [-0.05, 0) is 12.3 Å². The summed E-state index contributed by atoms with van der Waals surface area (Å²) in [7, 11) is -3.73. The summed E-state index contributed by atoms with van der Waals surface area (Å²) >= 11 is 0. The second-order valence-corrected chi connectivity index (χ2v) is 5.86. The van der Waals surface area contributed by atoms with Gasteiger partial charge in [-0.1, -0.05) is 44.9 Å². The zero-order valence-corrected chi connectivity index (χ0v) is 9.43. The molecule has 0 aromatic heterocycles. The molecule has 14 heavy (non-hydrogen) atoms. The van der Waals surface area contributed by atoms with Gasteiger partial charge in [0.1, 0.15) is 0 Å². The second kappa shape index (κ2) is 5.71. The van der Waals surface area contributed by atoms with E-state index in [4.69, 9.17) is 4.55 Å². The molecule has 0 amide bonds. The first kappa shape index (κ1) is 12.0. The summed E-state index contributed by atoms with van der Waals surface area (Å²) in [4.78, 5) is 0. The van der Waals surface area contributed by atoms with Crippen LogP contribution in [0.4, 0.5) is 0 Å². The average Bonchev–Trinajstić information content (AvgIpc) is 2.13. The van der Waals surface area contributed by atoms with Crippen LogP contribution in [0.2, 0.25) is 0 Å². The fraction of sp³-hybridized carbons (Fsp3) is 1.00. The minimum atomic E-state index is -3.73. The van der Waals surface area contributed by atoms with Crippen LogP contribution in [0.25, 0.3) is 0 Å². The van der Waals surface area contributed by atoms with Crippen LogP contribution in [0, 0.1) is 5.92 Å². The molecule has 84 valence electrons. The molecule has 1 N–H and O–H groups in total. The van der Waals surface area contributed by atoms with Crippen molar-refractivity contribution in [1.82, 2.24) is 0 Å². The van der Waals surface area contributed by atoms with Crippen molar-refractivity contribution in [3.05, 3.63) is 0 Å². The van der Waals surface area contributed by atoms with Crippen molar-refractivity contribution in [2.24, 2.45) is 5.92 Å². The largest absolute Gasteiger partial charge is 0.286 e. The predicted molar refractivity (Wildman–Crippen MR) is 56.8 cm³/mol. The lowest BCUT2D eigenvalue weighted by Gasteiger charge is -2.20. The van der Waals surface area contributed by atoms with Gasteiger partial charge in [0.25, 0.3) is 10.1 Å². The van der Waals surface area contributed by atoms with Crippen LogP contribution in [0.5, 0.6) is 0 Å². The van der Waals surface area contributed by atoms with Crippen molar-refractivity contribution in [1.29, 1.82) is 0 Å². The van der Waals surface area contributed by atoms with Crippen LogP contribution in [0.3, 0.4) is 0 Å². The molecule has 1 fully saturated rings. The van der Waals surface area contributed by atoms with E-state index in [-0.39, 0.29) is 5.75 Å². The topological polar surface area (TPSA) is 54.4 Å². The lowest BCUT2D eigenvalue weighted by molar-refractivity contribution is 0.331. The molecule has 0 aromatic carbocycles. The van der Waals surface area contributed by atoms with Gasteiger partial charge >= 0.3 is 0 Å². The highest BCUT2D eigenvalue weighted by Gasteiger charge is 2.13. The summed E-state index contributed by atoms with van der Waals surface area (Å²) in [5.41, 5.74) is 0. The Morgan fingerprint density at radius 2 is 1.71 bits per heavy atom. The molecule has 0 bridgehead atoms. The van der Waals surface area contributed by atoms with Gasteiger partial charge < -0.3 is 0 Å². The summed E-state index contributed by atoms with van der Waals surface area (Å²) in [6, 6.07) is 0. The maximum atomic E-state index is 10.4. The molecular formula is C10H20O3S. The lowest BCUT2D eigenvalue weighted by Crippen LogP contribution is -2.08. The predicted octanol–water partition coefficient (Wildman–Crippen LogP) is 2.62. The minimum Gasteiger partial charge on any atom is -0.286 e. The van der Waals surface area contributed by atoms with E-state index in [9.17, 15) is 8.42 Å². The molecule has 0 radical (unpaired) electrons. The van der Waals surface area contributed by atoms with Crippen LogP contribution >= 0.6 is 0 Å². The first-order valence-electron chi connectivity index (χ1n) is 5.53. The molecule has 0 atom stereocenters. The Kier molecular flexibility index (Phi) is 4.89. The van der Waals surface area contributed by atoms with Crippen molar-refractivity contribution >= 4 is 10.1 Å². The molecule has 4 heteroatoms. The molecule has 0 unspecified atom stereocenters. The van der Waals surface area contributed by atoms with Gasteiger partial charge in [-0.3, -0.25) is 4.55 Å². The Balaban J connectivity index is 2.03. The Labute approximate surface area is 86.6 Å². The molecule has 1 aliphatic rings. The van der Waals surface area contributed by atoms with Crippen LogP contribution < -0.4 is 0 Å². The van der Waals surface area contributed by atoms with E-state index in [0.29, 0.717) is 6.42 Å². The van der Waals surface area contributed by atoms with Crippen LogP contribution in [-0.2, 0) is 10.1 Å². The molecule has 1 aliphatic carbocycles. The monoisotopic (exact) mass is 220 g/mol. The van der Waals surface area contributed by atoms with E-state index >= 15 is 0 Å². The normalized spacial score (nSPS) is 19.8. The first-order valence-corrected chi connectivity index (χ1v) is 7.14. The highest BCUT2D eigenvalue weighted by atomic mass is 32.2. The van der Waals surface area contributed by atoms with Gasteiger partial charge in [-0.15, -0.1) is 0 Å². The van der Waals surface area contributed by atoms with Crippen molar-refractivity contribution in [2.45, 2.75) is 51.4 Å². The minimum absolute atomic E-state index is 0.0697. The molecular weight excluding hydrogens is 200 g/mol. The Morgan fingerprint density at radius 1 is 1.07 bits per heavy atom. The van der Waals surface area contributed by atoms with E-state index in [0.717, 1.165) is 18.8 Å². The van der Waals surface area contributed by atoms with E-state index < -0.39 is 10.1 Å². The molecule has 3 nitrogen and oxygen atoms in total. The maximum absolute atomic E-state index is 10.4. The summed E-state index contributed by atoms with van der Waals surface area (Å²) in [6.07, 6.45) is 9.33. The van der Waals surface area contributed by atoms with Crippen molar-refractivity contribution in [3.8, 4) is 0 Å². The van der Waals surface area contributed by atoms with Crippen LogP contribution in [0.15, 0.2) is 0 Å². The van der Waals surface area contributed by atoms with E-state index in [1.807, 2.05) is 0 Å². The molecule has 0 aromatic rings. The number of hydrogen-bond acceptors (Lipinski definition) is 2. The van der Waals surface area contributed by atoms with Crippen LogP contribution in [-0.4, -0.2) is 18.7 Å². The summed E-state index contributed by atoms with van der Waals surface area (Å²) in [6.45, 7) is 0. The third-order valence-electron chi connectivity index (χ3n) is 2.99. The zero-order valence-electron chi connectivity index (χ0n) is 8.61. The van der Waals surface area contributed by atoms with Gasteiger partial charge in [0.15, 0.2) is 0 Å². The third-order valence-corrected chi connectivity index (χ3v) is 3.79. The standard InChI is InChI=1S/C10H20O3S/c11-14(12,13)9-5-4-8-10-6-2-1-3-7-10/h10H,1-9H2,(H,11,12,13). The summed E-state index contributed by atoms with van der Waals surface area (Å²) in [5, 5.41) is 0. The van der Waals surface area contributed by atoms with Crippen LogP contribution in [0.1, 0.15) is 51.4 Å². The maximum Gasteiger partial charge on any atom is 0.264 e. The second-order valence-electron chi connectivity index (χ2n) is 4.29. The fourth-order valence-corrected chi connectivity index (χ4v) is 2.76. The highest BCUT2D eigenvalue weighted by Crippen LogP contribution is 2.27. The van der Waals surface area contributed by atoms with Gasteiger partial charge in [0, 0.05) is 0 Å². The Bertz CT molecular complexity index is 240. The molecule has 0 aliphatic heterocycles. The molecule has 1 saturated carbocycles. The summed E-state index contributed by atoms with van der Waals surface area (Å²) < 4.78 is 29.4. The quantitative estimate of drug-likeness (QED) is 0.572. The van der Waals surface area contributed by atoms with Gasteiger partial charge in [-0.2, -0.15) is 8.42 Å². The van der Waals surface area contributed by atoms with Crippen molar-refractivity contribution in [3.63, 3.8) is 0 Å². The molecule has 0 heterocycles. The fourth-order valence-electron chi connectivity index (χ4n) is 2.19. The lowest BCUT2D eigenvalue weighted by atomic mass is 9.86. The molecule has 1 rings (SSSR count). The number of rotatable bonds is 5. The molecule has 0 saturated heterocycles. The third kappa shape index (κ3) is 5.60. The van der Waals surface area contributed by atoms with E-state index in [2.05, 4.69) is 0 Å². The first-order chi connectivity index (χ1) is 6.58. The van der Waals surface area contributed by atoms with Crippen molar-refractivity contribution in [2.75, 3.05) is 5.75 Å². The van der Waals surface area contributed by atoms with Gasteiger partial charge in [0.2, 0.25) is 0 Å². The SMILES string of the molecule is O=S(=O)(O)CCCCC1CCCCC1. The number of hydrogen-bond donors (Lipinski definition) is 1. The van der Waals surface area contributed by atoms with Crippen molar-refractivity contribution < 1.29 is 13.0 Å². The van der Waals surface area contributed by atoms with Gasteiger partial charge in [-0.25, -0.2) is 0 Å². The van der Waals surface area contributed by atoms with E-state index in [1.54, 1.807) is 0 Å². The highest BCUT2D eigenvalue weighted by molar-refractivity contribution is 7.85. The Morgan fingerprint density at radius 3 is 2.29 bits per heavy atom. The smallest absolute Gasteiger partial charge is 0.264 e. The molecule has 0 spiro atoms. The summed E-state index contributed by atoms with van der Waals surface area (Å²) in [5.74, 6) is 0.741. The number of unbranched alkanes of at least 4 members (excludes halogenated alkanes) is 1. The zero-order chi connectivity index (χ0) is 10.4. The van der Waals surface area contributed by atoms with Gasteiger partial charge in [0.05, 0.1) is 5.75 Å². The Hall–Kier alpha value is -0.0900. The average molecular weight is 220 g/mol.